The molecule has 2 heterocycles. The van der Waals surface area contributed by atoms with E-state index < -0.39 is 0 Å². The Morgan fingerprint density at radius 2 is 1.85 bits per heavy atom. The standard InChI is InChI=1S/C22H21ClN2O2/c1-15(26)25-13-10-19(11-14-25)27-18-7-4-16(5-8-18)20-9-6-17-3-2-12-24-22(17)21(20)23/h2-9,12,19H,10-11,13-14H2,1H3. The summed E-state index contributed by atoms with van der Waals surface area (Å²) in [6.45, 7) is 3.14. The Morgan fingerprint density at radius 1 is 1.11 bits per heavy atom. The minimum atomic E-state index is 0.138. The molecule has 0 atom stereocenters. The van der Waals surface area contributed by atoms with Crippen molar-refractivity contribution in [2.75, 3.05) is 13.1 Å². The summed E-state index contributed by atoms with van der Waals surface area (Å²) in [5, 5.41) is 1.70. The topological polar surface area (TPSA) is 42.4 Å². The van der Waals surface area contributed by atoms with Crippen LogP contribution in [0.1, 0.15) is 19.8 Å². The molecule has 2 aromatic carbocycles. The van der Waals surface area contributed by atoms with Gasteiger partial charge in [0, 0.05) is 50.0 Å². The molecule has 0 radical (unpaired) electrons. The molecule has 0 saturated carbocycles. The molecule has 0 aliphatic carbocycles. The molecule has 5 heteroatoms. The lowest BCUT2D eigenvalue weighted by Crippen LogP contribution is -2.40. The smallest absolute Gasteiger partial charge is 0.219 e. The first-order valence-electron chi connectivity index (χ1n) is 9.17. The second-order valence-electron chi connectivity index (χ2n) is 6.85. The molecule has 1 fully saturated rings. The van der Waals surface area contributed by atoms with E-state index in [4.69, 9.17) is 16.3 Å². The van der Waals surface area contributed by atoms with Crippen LogP contribution in [0, 0.1) is 0 Å². The molecule has 0 spiro atoms. The van der Waals surface area contributed by atoms with Crippen molar-refractivity contribution in [3.8, 4) is 16.9 Å². The van der Waals surface area contributed by atoms with E-state index in [1.807, 2.05) is 53.4 Å². The van der Waals surface area contributed by atoms with Gasteiger partial charge in [-0.15, -0.1) is 0 Å². The summed E-state index contributed by atoms with van der Waals surface area (Å²) in [6, 6.07) is 16.0. The minimum absolute atomic E-state index is 0.138. The molecule has 1 aromatic heterocycles. The van der Waals surface area contributed by atoms with Crippen LogP contribution in [-0.4, -0.2) is 35.0 Å². The number of benzene rings is 2. The van der Waals surface area contributed by atoms with Gasteiger partial charge in [0.1, 0.15) is 11.9 Å². The molecule has 4 nitrogen and oxygen atoms in total. The number of hydrogen-bond donors (Lipinski definition) is 0. The molecule has 0 unspecified atom stereocenters. The largest absolute Gasteiger partial charge is 0.490 e. The molecule has 1 amide bonds. The maximum absolute atomic E-state index is 11.4. The number of aromatic nitrogens is 1. The third-order valence-corrected chi connectivity index (χ3v) is 5.45. The molecule has 1 aliphatic heterocycles. The summed E-state index contributed by atoms with van der Waals surface area (Å²) >= 11 is 6.58. The number of piperidine rings is 1. The van der Waals surface area contributed by atoms with Gasteiger partial charge in [-0.25, -0.2) is 0 Å². The van der Waals surface area contributed by atoms with Gasteiger partial charge in [-0.2, -0.15) is 0 Å². The van der Waals surface area contributed by atoms with E-state index in [1.54, 1.807) is 13.1 Å². The summed E-state index contributed by atoms with van der Waals surface area (Å²) in [5.41, 5.74) is 2.81. The average Bonchev–Trinajstić information content (AvgIpc) is 2.70. The fourth-order valence-electron chi connectivity index (χ4n) is 3.53. The highest BCUT2D eigenvalue weighted by atomic mass is 35.5. The van der Waals surface area contributed by atoms with Crippen LogP contribution in [-0.2, 0) is 4.79 Å². The Kier molecular flexibility index (Phi) is 4.99. The number of carbonyl (C=O) groups is 1. The summed E-state index contributed by atoms with van der Waals surface area (Å²) in [6.07, 6.45) is 3.64. The molecule has 4 rings (SSSR count). The fraction of sp³-hybridized carbons (Fsp3) is 0.273. The Labute approximate surface area is 163 Å². The molecule has 3 aromatic rings. The molecule has 1 saturated heterocycles. The van der Waals surface area contributed by atoms with Crippen LogP contribution in [0.4, 0.5) is 0 Å². The molecule has 1 aliphatic rings. The van der Waals surface area contributed by atoms with E-state index in [0.29, 0.717) is 5.02 Å². The Morgan fingerprint density at radius 3 is 2.56 bits per heavy atom. The lowest BCUT2D eigenvalue weighted by molar-refractivity contribution is -0.130. The first kappa shape index (κ1) is 17.8. The number of pyridine rings is 1. The highest BCUT2D eigenvalue weighted by Gasteiger charge is 2.21. The maximum atomic E-state index is 11.4. The van der Waals surface area contributed by atoms with Crippen LogP contribution in [0.25, 0.3) is 22.0 Å². The van der Waals surface area contributed by atoms with Crippen molar-refractivity contribution in [2.45, 2.75) is 25.9 Å². The van der Waals surface area contributed by atoms with Crippen LogP contribution < -0.4 is 4.74 Å². The van der Waals surface area contributed by atoms with Gasteiger partial charge in [-0.1, -0.05) is 41.9 Å². The third kappa shape index (κ3) is 3.76. The first-order chi connectivity index (χ1) is 13.1. The SMILES string of the molecule is CC(=O)N1CCC(Oc2ccc(-c3ccc4cccnc4c3Cl)cc2)CC1. The zero-order valence-corrected chi connectivity index (χ0v) is 15.9. The number of amides is 1. The van der Waals surface area contributed by atoms with Crippen molar-refractivity contribution in [2.24, 2.45) is 0 Å². The molecular weight excluding hydrogens is 360 g/mol. The Balaban J connectivity index is 1.48. The third-order valence-electron chi connectivity index (χ3n) is 5.07. The zero-order chi connectivity index (χ0) is 18.8. The molecule has 0 bridgehead atoms. The van der Waals surface area contributed by atoms with Crippen molar-refractivity contribution in [3.05, 3.63) is 59.8 Å². The van der Waals surface area contributed by atoms with E-state index in [9.17, 15) is 4.79 Å². The van der Waals surface area contributed by atoms with Gasteiger partial charge in [0.25, 0.3) is 0 Å². The van der Waals surface area contributed by atoms with Crippen LogP contribution in [0.3, 0.4) is 0 Å². The Bertz CT molecular complexity index is 964. The van der Waals surface area contributed by atoms with Gasteiger partial charge < -0.3 is 9.64 Å². The number of halogens is 1. The van der Waals surface area contributed by atoms with Crippen molar-refractivity contribution >= 4 is 28.4 Å². The highest BCUT2D eigenvalue weighted by molar-refractivity contribution is 6.37. The van der Waals surface area contributed by atoms with Crippen molar-refractivity contribution in [1.82, 2.24) is 9.88 Å². The lowest BCUT2D eigenvalue weighted by Gasteiger charge is -2.31. The van der Waals surface area contributed by atoms with Crippen molar-refractivity contribution in [1.29, 1.82) is 0 Å². The number of rotatable bonds is 3. The van der Waals surface area contributed by atoms with Crippen LogP contribution >= 0.6 is 11.6 Å². The van der Waals surface area contributed by atoms with Gasteiger partial charge in [0.2, 0.25) is 5.91 Å². The molecular formula is C22H21ClN2O2. The Hall–Kier alpha value is -2.59. The van der Waals surface area contributed by atoms with Crippen LogP contribution in [0.2, 0.25) is 5.02 Å². The second kappa shape index (κ2) is 7.57. The van der Waals surface area contributed by atoms with E-state index in [-0.39, 0.29) is 12.0 Å². The number of ether oxygens (including phenoxy) is 1. The summed E-state index contributed by atoms with van der Waals surface area (Å²) < 4.78 is 6.09. The minimum Gasteiger partial charge on any atom is -0.490 e. The normalized spacial score (nSPS) is 15.1. The zero-order valence-electron chi connectivity index (χ0n) is 15.2. The average molecular weight is 381 g/mol. The highest BCUT2D eigenvalue weighted by Crippen LogP contribution is 2.34. The second-order valence-corrected chi connectivity index (χ2v) is 7.23. The quantitative estimate of drug-likeness (QED) is 0.646. The number of nitrogens with zero attached hydrogens (tertiary/aromatic N) is 2. The monoisotopic (exact) mass is 380 g/mol. The number of hydrogen-bond acceptors (Lipinski definition) is 3. The first-order valence-corrected chi connectivity index (χ1v) is 9.55. The van der Waals surface area contributed by atoms with Crippen LogP contribution in [0.5, 0.6) is 5.75 Å². The number of carbonyl (C=O) groups excluding carboxylic acids is 1. The van der Waals surface area contributed by atoms with Gasteiger partial charge in [-0.3, -0.25) is 9.78 Å². The van der Waals surface area contributed by atoms with Crippen molar-refractivity contribution < 1.29 is 9.53 Å². The van der Waals surface area contributed by atoms with E-state index in [0.717, 1.165) is 53.7 Å². The van der Waals surface area contributed by atoms with Gasteiger partial charge in [0.05, 0.1) is 10.5 Å². The predicted molar refractivity (Wildman–Crippen MR) is 108 cm³/mol. The lowest BCUT2D eigenvalue weighted by atomic mass is 10.0. The number of fused-ring (bicyclic) bond motifs is 1. The van der Waals surface area contributed by atoms with E-state index in [2.05, 4.69) is 4.98 Å². The molecule has 138 valence electrons. The fourth-order valence-corrected chi connectivity index (χ4v) is 3.86. The van der Waals surface area contributed by atoms with Crippen molar-refractivity contribution in [3.63, 3.8) is 0 Å². The number of likely N-dealkylation sites (tertiary alicyclic amines) is 1. The van der Waals surface area contributed by atoms with E-state index in [1.165, 1.54) is 0 Å². The van der Waals surface area contributed by atoms with Crippen LogP contribution in [0.15, 0.2) is 54.7 Å². The predicted octanol–water partition coefficient (Wildman–Crippen LogP) is 4.94. The summed E-state index contributed by atoms with van der Waals surface area (Å²) in [7, 11) is 0. The van der Waals surface area contributed by atoms with Gasteiger partial charge in [0.15, 0.2) is 0 Å². The van der Waals surface area contributed by atoms with Gasteiger partial charge in [-0.05, 0) is 23.8 Å². The molecule has 27 heavy (non-hydrogen) atoms. The maximum Gasteiger partial charge on any atom is 0.219 e. The van der Waals surface area contributed by atoms with Gasteiger partial charge >= 0.3 is 0 Å². The summed E-state index contributed by atoms with van der Waals surface area (Å²) in [5.74, 6) is 0.981. The summed E-state index contributed by atoms with van der Waals surface area (Å²) in [4.78, 5) is 17.7. The van der Waals surface area contributed by atoms with E-state index >= 15 is 0 Å². The molecule has 0 N–H and O–H groups in total.